The number of rotatable bonds is 4. The minimum Gasteiger partial charge on any atom is -0.438 e. The van der Waals surface area contributed by atoms with Gasteiger partial charge in [-0.05, 0) is 25.1 Å². The highest BCUT2D eigenvalue weighted by Gasteiger charge is 2.15. The van der Waals surface area contributed by atoms with E-state index in [-0.39, 0.29) is 23.1 Å². The molecule has 20 heavy (non-hydrogen) atoms. The molecule has 1 aromatic carbocycles. The molecule has 0 saturated heterocycles. The maximum absolute atomic E-state index is 13.1. The Morgan fingerprint density at radius 1 is 1.45 bits per heavy atom. The maximum Gasteiger partial charge on any atom is 0.256 e. The number of carbonyl (C=O) groups excluding carboxylic acids is 1. The van der Waals surface area contributed by atoms with Gasteiger partial charge < -0.3 is 10.1 Å². The summed E-state index contributed by atoms with van der Waals surface area (Å²) in [6.07, 6.45) is 1.36. The largest absolute Gasteiger partial charge is 0.438 e. The third kappa shape index (κ3) is 3.45. The van der Waals surface area contributed by atoms with E-state index in [1.165, 1.54) is 30.5 Å². The second-order valence-electron chi connectivity index (χ2n) is 3.93. The monoisotopic (exact) mass is 294 g/mol. The normalized spacial score (nSPS) is 10.2. The highest BCUT2D eigenvalue weighted by molar-refractivity contribution is 6.30. The van der Waals surface area contributed by atoms with Crippen molar-refractivity contribution < 1.29 is 13.9 Å². The van der Waals surface area contributed by atoms with Gasteiger partial charge in [-0.15, -0.1) is 0 Å². The Morgan fingerprint density at radius 3 is 2.95 bits per heavy atom. The van der Waals surface area contributed by atoms with E-state index in [0.29, 0.717) is 11.6 Å². The minimum atomic E-state index is -0.434. The molecule has 1 N–H and O–H groups in total. The van der Waals surface area contributed by atoms with Gasteiger partial charge >= 0.3 is 0 Å². The lowest BCUT2D eigenvalue weighted by Crippen LogP contribution is -2.23. The summed E-state index contributed by atoms with van der Waals surface area (Å²) >= 11 is 5.83. The molecule has 0 saturated carbocycles. The van der Waals surface area contributed by atoms with Crippen molar-refractivity contribution in [2.45, 2.75) is 6.92 Å². The van der Waals surface area contributed by atoms with Crippen molar-refractivity contribution in [2.75, 3.05) is 6.54 Å². The van der Waals surface area contributed by atoms with Gasteiger partial charge in [0.1, 0.15) is 17.1 Å². The van der Waals surface area contributed by atoms with Crippen molar-refractivity contribution in [3.8, 4) is 11.6 Å². The number of ether oxygens (including phenoxy) is 1. The number of nitrogens with zero attached hydrogens (tertiary/aromatic N) is 1. The zero-order chi connectivity index (χ0) is 14.5. The summed E-state index contributed by atoms with van der Waals surface area (Å²) in [5.41, 5.74) is 0.198. The van der Waals surface area contributed by atoms with Crippen molar-refractivity contribution in [1.29, 1.82) is 0 Å². The Hall–Kier alpha value is -2.14. The molecule has 0 fully saturated rings. The number of amides is 1. The summed E-state index contributed by atoms with van der Waals surface area (Å²) in [6.45, 7) is 2.26. The third-order valence-electron chi connectivity index (χ3n) is 2.41. The predicted octanol–water partition coefficient (Wildman–Crippen LogP) is 3.42. The maximum atomic E-state index is 13.1. The molecule has 0 atom stereocenters. The molecule has 0 aliphatic carbocycles. The zero-order valence-electron chi connectivity index (χ0n) is 10.7. The van der Waals surface area contributed by atoms with Crippen molar-refractivity contribution in [2.24, 2.45) is 0 Å². The van der Waals surface area contributed by atoms with E-state index in [9.17, 15) is 9.18 Å². The topological polar surface area (TPSA) is 51.2 Å². The van der Waals surface area contributed by atoms with Crippen molar-refractivity contribution in [1.82, 2.24) is 10.3 Å². The van der Waals surface area contributed by atoms with Crippen LogP contribution in [-0.2, 0) is 0 Å². The van der Waals surface area contributed by atoms with Crippen LogP contribution in [0.15, 0.2) is 36.5 Å². The first kappa shape index (κ1) is 14.3. The second kappa shape index (κ2) is 6.34. The Bertz CT molecular complexity index is 634. The molecule has 1 heterocycles. The molecule has 1 amide bonds. The first-order chi connectivity index (χ1) is 9.60. The molecular weight excluding hydrogens is 283 g/mol. The van der Waals surface area contributed by atoms with E-state index < -0.39 is 5.82 Å². The summed E-state index contributed by atoms with van der Waals surface area (Å²) in [6, 6.07) is 7.03. The molecule has 0 aliphatic rings. The smallest absolute Gasteiger partial charge is 0.256 e. The standard InChI is InChI=1S/C14H12ClFN2O2/c1-2-17-13(19)12-6-9(15)8-18-14(12)20-11-5-3-4-10(16)7-11/h3-8H,2H2,1H3,(H,17,19). The number of halogens is 2. The van der Waals surface area contributed by atoms with Gasteiger partial charge in [-0.25, -0.2) is 9.37 Å². The lowest BCUT2D eigenvalue weighted by Gasteiger charge is -2.10. The van der Waals surface area contributed by atoms with Gasteiger partial charge in [-0.3, -0.25) is 4.79 Å². The summed E-state index contributed by atoms with van der Waals surface area (Å²) in [7, 11) is 0. The van der Waals surface area contributed by atoms with Crippen LogP contribution >= 0.6 is 11.6 Å². The van der Waals surface area contributed by atoms with Crippen LogP contribution in [0.1, 0.15) is 17.3 Å². The fourth-order valence-corrected chi connectivity index (χ4v) is 1.73. The van der Waals surface area contributed by atoms with Crippen LogP contribution in [0.5, 0.6) is 11.6 Å². The SMILES string of the molecule is CCNC(=O)c1cc(Cl)cnc1Oc1cccc(F)c1. The van der Waals surface area contributed by atoms with Crippen LogP contribution in [0.3, 0.4) is 0 Å². The van der Waals surface area contributed by atoms with E-state index in [2.05, 4.69) is 10.3 Å². The van der Waals surface area contributed by atoms with E-state index in [4.69, 9.17) is 16.3 Å². The van der Waals surface area contributed by atoms with Crippen LogP contribution in [0.2, 0.25) is 5.02 Å². The zero-order valence-corrected chi connectivity index (χ0v) is 11.4. The molecule has 0 radical (unpaired) electrons. The summed E-state index contributed by atoms with van der Waals surface area (Å²) in [5.74, 6) is -0.457. The highest BCUT2D eigenvalue weighted by Crippen LogP contribution is 2.25. The fraction of sp³-hybridized carbons (Fsp3) is 0.143. The first-order valence-corrected chi connectivity index (χ1v) is 6.35. The molecular formula is C14H12ClFN2O2. The van der Waals surface area contributed by atoms with Crippen LogP contribution in [-0.4, -0.2) is 17.4 Å². The van der Waals surface area contributed by atoms with Crippen molar-refractivity contribution in [3.05, 3.63) is 52.9 Å². The first-order valence-electron chi connectivity index (χ1n) is 5.97. The number of benzene rings is 1. The van der Waals surface area contributed by atoms with Crippen LogP contribution < -0.4 is 10.1 Å². The van der Waals surface area contributed by atoms with Gasteiger partial charge in [-0.1, -0.05) is 17.7 Å². The number of pyridine rings is 1. The van der Waals surface area contributed by atoms with Crippen LogP contribution in [0.4, 0.5) is 4.39 Å². The van der Waals surface area contributed by atoms with Crippen molar-refractivity contribution >= 4 is 17.5 Å². The molecule has 1 aromatic heterocycles. The molecule has 6 heteroatoms. The average molecular weight is 295 g/mol. The van der Waals surface area contributed by atoms with Crippen LogP contribution in [0.25, 0.3) is 0 Å². The molecule has 4 nitrogen and oxygen atoms in total. The van der Waals surface area contributed by atoms with E-state index in [1.54, 1.807) is 13.0 Å². The summed E-state index contributed by atoms with van der Waals surface area (Å²) in [4.78, 5) is 15.9. The number of carbonyl (C=O) groups is 1. The second-order valence-corrected chi connectivity index (χ2v) is 4.36. The van der Waals surface area contributed by atoms with Crippen LogP contribution in [0, 0.1) is 5.82 Å². The van der Waals surface area contributed by atoms with E-state index in [1.807, 2.05) is 0 Å². The molecule has 0 bridgehead atoms. The van der Waals surface area contributed by atoms with E-state index in [0.717, 1.165) is 0 Å². The predicted molar refractivity (Wildman–Crippen MR) is 73.7 cm³/mol. The Labute approximate surface area is 120 Å². The third-order valence-corrected chi connectivity index (χ3v) is 2.62. The Morgan fingerprint density at radius 2 is 2.25 bits per heavy atom. The van der Waals surface area contributed by atoms with Gasteiger partial charge in [0.25, 0.3) is 5.91 Å². The fourth-order valence-electron chi connectivity index (χ4n) is 1.57. The number of nitrogens with one attached hydrogen (secondary N) is 1. The van der Waals surface area contributed by atoms with Gasteiger partial charge in [-0.2, -0.15) is 0 Å². The highest BCUT2D eigenvalue weighted by atomic mass is 35.5. The number of hydrogen-bond acceptors (Lipinski definition) is 3. The van der Waals surface area contributed by atoms with Gasteiger partial charge in [0.05, 0.1) is 5.02 Å². The lowest BCUT2D eigenvalue weighted by atomic mass is 10.2. The minimum absolute atomic E-state index is 0.0750. The van der Waals surface area contributed by atoms with Gasteiger partial charge in [0.15, 0.2) is 0 Å². The number of hydrogen-bond donors (Lipinski definition) is 1. The Kier molecular flexibility index (Phi) is 4.53. The Balaban J connectivity index is 2.33. The molecule has 0 spiro atoms. The molecule has 2 aromatic rings. The quantitative estimate of drug-likeness (QED) is 0.940. The summed E-state index contributed by atoms with van der Waals surface area (Å²) in [5, 5.41) is 2.95. The molecule has 2 rings (SSSR count). The molecule has 0 aliphatic heterocycles. The van der Waals surface area contributed by atoms with Crippen molar-refractivity contribution in [3.63, 3.8) is 0 Å². The lowest BCUT2D eigenvalue weighted by molar-refractivity contribution is 0.0953. The molecule has 0 unspecified atom stereocenters. The van der Waals surface area contributed by atoms with Gasteiger partial charge in [0.2, 0.25) is 5.88 Å². The number of aromatic nitrogens is 1. The van der Waals surface area contributed by atoms with E-state index >= 15 is 0 Å². The molecule has 104 valence electrons. The summed E-state index contributed by atoms with van der Waals surface area (Å²) < 4.78 is 18.6. The average Bonchev–Trinajstić information content (AvgIpc) is 2.41. The van der Waals surface area contributed by atoms with Gasteiger partial charge in [0, 0.05) is 18.8 Å².